The lowest BCUT2D eigenvalue weighted by atomic mass is 10.2. The third-order valence-electron chi connectivity index (χ3n) is 4.97. The second-order valence-electron chi connectivity index (χ2n) is 6.94. The van der Waals surface area contributed by atoms with E-state index in [1.165, 1.54) is 4.31 Å². The van der Waals surface area contributed by atoms with E-state index in [1.807, 2.05) is 0 Å². The second-order valence-corrected chi connectivity index (χ2v) is 12.0. The van der Waals surface area contributed by atoms with Gasteiger partial charge in [0, 0.05) is 30.1 Å². The molecule has 1 unspecified atom stereocenters. The average molecular weight is 481 g/mol. The second kappa shape index (κ2) is 8.87. The molecule has 2 heterocycles. The van der Waals surface area contributed by atoms with Crippen LogP contribution in [0, 0.1) is 0 Å². The highest BCUT2D eigenvalue weighted by atomic mass is 79.9. The molecule has 152 valence electrons. The predicted molar refractivity (Wildman–Crippen MR) is 107 cm³/mol. The maximum absolute atomic E-state index is 13.2. The summed E-state index contributed by atoms with van der Waals surface area (Å²) < 4.78 is 57.8. The molecule has 0 bridgehead atoms. The molecular weight excluding hydrogens is 456 g/mol. The minimum absolute atomic E-state index is 0.0473. The van der Waals surface area contributed by atoms with Crippen LogP contribution in [0.4, 0.5) is 0 Å². The summed E-state index contributed by atoms with van der Waals surface area (Å²) >= 11 is 3.31. The Hall–Kier alpha value is -0.520. The summed E-state index contributed by atoms with van der Waals surface area (Å²) in [4.78, 5) is 2.44. The fraction of sp³-hybridized carbons (Fsp3) is 0.647. The van der Waals surface area contributed by atoms with Crippen molar-refractivity contribution >= 4 is 35.8 Å². The van der Waals surface area contributed by atoms with Crippen molar-refractivity contribution in [3.8, 4) is 0 Å². The zero-order valence-electron chi connectivity index (χ0n) is 15.1. The lowest BCUT2D eigenvalue weighted by Gasteiger charge is -2.30. The van der Waals surface area contributed by atoms with Crippen LogP contribution in [0.5, 0.6) is 0 Å². The Morgan fingerprint density at radius 3 is 2.63 bits per heavy atom. The molecule has 27 heavy (non-hydrogen) atoms. The zero-order chi connectivity index (χ0) is 19.5. The van der Waals surface area contributed by atoms with E-state index in [0.717, 1.165) is 19.6 Å². The molecule has 2 aliphatic rings. The van der Waals surface area contributed by atoms with Gasteiger partial charge in [-0.25, -0.2) is 16.8 Å². The van der Waals surface area contributed by atoms with Crippen LogP contribution in [0.1, 0.15) is 12.8 Å². The number of rotatable bonds is 7. The molecule has 1 aromatic rings. The van der Waals surface area contributed by atoms with Gasteiger partial charge in [-0.15, -0.1) is 0 Å². The number of hydrogen-bond acceptors (Lipinski definition) is 6. The molecule has 2 fully saturated rings. The van der Waals surface area contributed by atoms with Gasteiger partial charge in [-0.05, 0) is 37.6 Å². The minimum Gasteiger partial charge on any atom is -0.379 e. The molecule has 2 saturated heterocycles. The number of hydrogen-bond donors (Lipinski definition) is 0. The first kappa shape index (κ1) is 21.2. The van der Waals surface area contributed by atoms with E-state index >= 15 is 0 Å². The number of halogens is 1. The monoisotopic (exact) mass is 480 g/mol. The number of sulfone groups is 1. The van der Waals surface area contributed by atoms with Crippen molar-refractivity contribution < 1.29 is 21.6 Å². The summed E-state index contributed by atoms with van der Waals surface area (Å²) in [6.45, 7) is 4.16. The van der Waals surface area contributed by atoms with E-state index in [0.29, 0.717) is 37.1 Å². The van der Waals surface area contributed by atoms with E-state index in [4.69, 9.17) is 4.74 Å². The van der Waals surface area contributed by atoms with Crippen molar-refractivity contribution in [2.75, 3.05) is 50.9 Å². The lowest BCUT2D eigenvalue weighted by Crippen LogP contribution is -2.43. The predicted octanol–water partition coefficient (Wildman–Crippen LogP) is 1.35. The average Bonchev–Trinajstić information content (AvgIpc) is 2.99. The first-order chi connectivity index (χ1) is 12.8. The van der Waals surface area contributed by atoms with Gasteiger partial charge in [0.1, 0.15) is 0 Å². The normalized spacial score (nSPS) is 23.7. The molecule has 1 atom stereocenters. The van der Waals surface area contributed by atoms with Crippen molar-refractivity contribution in [3.63, 3.8) is 0 Å². The molecule has 1 aromatic carbocycles. The summed E-state index contributed by atoms with van der Waals surface area (Å²) in [6, 6.07) is 6.06. The molecule has 10 heteroatoms. The van der Waals surface area contributed by atoms with Crippen LogP contribution in [0.15, 0.2) is 33.6 Å². The van der Waals surface area contributed by atoms with Gasteiger partial charge in [0.2, 0.25) is 10.0 Å². The van der Waals surface area contributed by atoms with Crippen molar-refractivity contribution in [1.29, 1.82) is 0 Å². The van der Waals surface area contributed by atoms with Gasteiger partial charge in [-0.1, -0.05) is 22.0 Å². The van der Waals surface area contributed by atoms with Crippen LogP contribution in [-0.4, -0.2) is 83.0 Å². The summed E-state index contributed by atoms with van der Waals surface area (Å²) in [5.74, 6) is -0.0522. The highest BCUT2D eigenvalue weighted by Gasteiger charge is 2.38. The number of sulfonamides is 1. The van der Waals surface area contributed by atoms with Gasteiger partial charge in [0.25, 0.3) is 0 Å². The Balaban J connectivity index is 1.76. The van der Waals surface area contributed by atoms with Crippen LogP contribution >= 0.6 is 15.9 Å². The first-order valence-electron chi connectivity index (χ1n) is 9.06. The molecule has 7 nitrogen and oxygen atoms in total. The lowest BCUT2D eigenvalue weighted by molar-refractivity contribution is 0.0367. The molecule has 0 aromatic heterocycles. The number of morpholine rings is 1. The Morgan fingerprint density at radius 1 is 1.26 bits per heavy atom. The Kier molecular flexibility index (Phi) is 6.97. The molecule has 0 amide bonds. The summed E-state index contributed by atoms with van der Waals surface area (Å²) in [6.07, 6.45) is 1.01. The van der Waals surface area contributed by atoms with E-state index in [2.05, 4.69) is 20.8 Å². The van der Waals surface area contributed by atoms with Crippen molar-refractivity contribution in [1.82, 2.24) is 9.21 Å². The van der Waals surface area contributed by atoms with Gasteiger partial charge in [-0.2, -0.15) is 4.31 Å². The van der Waals surface area contributed by atoms with Crippen molar-refractivity contribution in [2.24, 2.45) is 0 Å². The van der Waals surface area contributed by atoms with E-state index in [1.54, 1.807) is 24.3 Å². The van der Waals surface area contributed by atoms with Crippen molar-refractivity contribution in [3.05, 3.63) is 28.7 Å². The molecule has 0 N–H and O–H groups in total. The van der Waals surface area contributed by atoms with Gasteiger partial charge in [0.15, 0.2) is 9.84 Å². The quantitative estimate of drug-likeness (QED) is 0.585. The molecule has 2 aliphatic heterocycles. The Morgan fingerprint density at radius 2 is 2.00 bits per heavy atom. The van der Waals surface area contributed by atoms with Crippen LogP contribution in [0.25, 0.3) is 0 Å². The standard InChI is InChI=1S/C17H25BrN2O5S2/c18-15-3-1-4-17(13-15)27(23,24)20(16-5-12-26(21,22)14-16)7-2-6-19-8-10-25-11-9-19/h1,3-4,13,16H,2,5-12,14H2. The van der Waals surface area contributed by atoms with Gasteiger partial charge < -0.3 is 4.74 Å². The van der Waals surface area contributed by atoms with E-state index < -0.39 is 25.9 Å². The zero-order valence-corrected chi connectivity index (χ0v) is 18.3. The van der Waals surface area contributed by atoms with E-state index in [9.17, 15) is 16.8 Å². The molecule has 0 radical (unpaired) electrons. The molecule has 0 spiro atoms. The third-order valence-corrected chi connectivity index (χ3v) is 9.17. The SMILES string of the molecule is O=S1(=O)CCC(N(CCCN2CCOCC2)S(=O)(=O)c2cccc(Br)c2)C1. The smallest absolute Gasteiger partial charge is 0.243 e. The topological polar surface area (TPSA) is 84.0 Å². The van der Waals surface area contributed by atoms with Crippen molar-refractivity contribution in [2.45, 2.75) is 23.8 Å². The highest BCUT2D eigenvalue weighted by molar-refractivity contribution is 9.10. The molecule has 0 aliphatic carbocycles. The van der Waals surface area contributed by atoms with Crippen LogP contribution in [0.3, 0.4) is 0 Å². The molecular formula is C17H25BrN2O5S2. The maximum Gasteiger partial charge on any atom is 0.243 e. The van der Waals surface area contributed by atoms with Gasteiger partial charge in [-0.3, -0.25) is 4.90 Å². The summed E-state index contributed by atoms with van der Waals surface area (Å²) in [5, 5.41) is 0. The fourth-order valence-electron chi connectivity index (χ4n) is 3.54. The fourth-order valence-corrected chi connectivity index (χ4v) is 7.65. The Bertz CT molecular complexity index is 854. The number of benzene rings is 1. The number of nitrogens with zero attached hydrogens (tertiary/aromatic N) is 2. The van der Waals surface area contributed by atoms with Crippen LogP contribution < -0.4 is 0 Å². The van der Waals surface area contributed by atoms with Gasteiger partial charge in [0.05, 0.1) is 29.6 Å². The largest absolute Gasteiger partial charge is 0.379 e. The Labute approximate surface area is 169 Å². The summed E-state index contributed by atoms with van der Waals surface area (Å²) in [7, 11) is -6.94. The number of ether oxygens (including phenoxy) is 1. The van der Waals surface area contributed by atoms with Crippen LogP contribution in [0.2, 0.25) is 0 Å². The first-order valence-corrected chi connectivity index (χ1v) is 13.1. The van der Waals surface area contributed by atoms with E-state index in [-0.39, 0.29) is 16.4 Å². The summed E-state index contributed by atoms with van der Waals surface area (Å²) in [5.41, 5.74) is 0. The third kappa shape index (κ3) is 5.51. The maximum atomic E-state index is 13.2. The molecule has 0 saturated carbocycles. The molecule has 3 rings (SSSR count). The highest BCUT2D eigenvalue weighted by Crippen LogP contribution is 2.26. The minimum atomic E-state index is -3.76. The van der Waals surface area contributed by atoms with Crippen LogP contribution in [-0.2, 0) is 24.6 Å². The van der Waals surface area contributed by atoms with Gasteiger partial charge >= 0.3 is 0 Å².